The lowest BCUT2D eigenvalue weighted by Gasteiger charge is -2.09. The third kappa shape index (κ3) is 3.26. The quantitative estimate of drug-likeness (QED) is 0.431. The molecule has 0 N–H and O–H groups in total. The molecule has 0 saturated heterocycles. The van der Waals surface area contributed by atoms with E-state index in [1.54, 1.807) is 7.11 Å². The van der Waals surface area contributed by atoms with Crippen LogP contribution in [0.5, 0.6) is 0 Å². The van der Waals surface area contributed by atoms with Gasteiger partial charge in [-0.15, -0.1) is 12.6 Å². The summed E-state index contributed by atoms with van der Waals surface area (Å²) in [5.41, 5.74) is -0.0386. The molecule has 0 bridgehead atoms. The van der Waals surface area contributed by atoms with Gasteiger partial charge in [-0.05, 0) is 0 Å². The van der Waals surface area contributed by atoms with Crippen molar-refractivity contribution < 1.29 is 4.74 Å². The van der Waals surface area contributed by atoms with Gasteiger partial charge in [-0.25, -0.2) is 0 Å². The Kier molecular flexibility index (Phi) is 3.98. The number of methoxy groups -OCH3 is 1. The maximum atomic E-state index is 4.80. The Bertz CT molecular complexity index is 47.0. The topological polar surface area (TPSA) is 9.23 Å². The zero-order valence-corrected chi connectivity index (χ0v) is 6.25. The molecule has 0 aliphatic heterocycles. The van der Waals surface area contributed by atoms with E-state index in [0.29, 0.717) is 0 Å². The Morgan fingerprint density at radius 3 is 1.86 bits per heavy atom. The van der Waals surface area contributed by atoms with Crippen molar-refractivity contribution >= 4 is 25.3 Å². The normalized spacial score (nSPS) is 18.9. The lowest BCUT2D eigenvalue weighted by Crippen LogP contribution is -2.12. The molecule has 44 valence electrons. The fourth-order valence-corrected chi connectivity index (χ4v) is 0.319. The van der Waals surface area contributed by atoms with E-state index in [1.807, 2.05) is 6.92 Å². The SMILES string of the molecule is COC(S)C(C)S. The number of hydrogen-bond donors (Lipinski definition) is 2. The minimum atomic E-state index is -0.0386. The molecule has 0 amide bonds. The zero-order valence-electron chi connectivity index (χ0n) is 4.46. The molecular formula is C4H10OS2. The largest absolute Gasteiger partial charge is 0.370 e. The first-order valence-corrected chi connectivity index (χ1v) is 3.10. The Balaban J connectivity index is 3.14. The van der Waals surface area contributed by atoms with Crippen LogP contribution in [0.1, 0.15) is 6.92 Å². The van der Waals surface area contributed by atoms with Gasteiger partial charge in [-0.1, -0.05) is 6.92 Å². The second kappa shape index (κ2) is 3.64. The van der Waals surface area contributed by atoms with Crippen LogP contribution in [0.15, 0.2) is 0 Å². The molecule has 0 heterocycles. The molecule has 2 atom stereocenters. The third-order valence-electron chi connectivity index (χ3n) is 0.654. The van der Waals surface area contributed by atoms with Gasteiger partial charge in [0.2, 0.25) is 0 Å². The molecule has 0 aromatic carbocycles. The first-order valence-electron chi connectivity index (χ1n) is 2.07. The van der Waals surface area contributed by atoms with Gasteiger partial charge in [0.1, 0.15) is 5.44 Å². The first kappa shape index (κ1) is 7.66. The Hall–Kier alpha value is 0.660. The highest BCUT2D eigenvalue weighted by Gasteiger charge is 2.04. The van der Waals surface area contributed by atoms with E-state index < -0.39 is 0 Å². The molecule has 2 unspecified atom stereocenters. The van der Waals surface area contributed by atoms with Gasteiger partial charge in [0.05, 0.1) is 0 Å². The lowest BCUT2D eigenvalue weighted by atomic mass is 10.5. The molecule has 0 spiro atoms. The van der Waals surface area contributed by atoms with Crippen LogP contribution < -0.4 is 0 Å². The maximum absolute atomic E-state index is 4.80. The van der Waals surface area contributed by atoms with Crippen molar-refractivity contribution in [3.63, 3.8) is 0 Å². The molecule has 1 nitrogen and oxygen atoms in total. The fourth-order valence-electron chi connectivity index (χ4n) is 0.197. The first-order chi connectivity index (χ1) is 3.18. The minimum absolute atomic E-state index is 0.0386. The second-order valence-electron chi connectivity index (χ2n) is 1.37. The van der Waals surface area contributed by atoms with Gasteiger partial charge in [0, 0.05) is 12.4 Å². The van der Waals surface area contributed by atoms with Crippen LogP contribution in [-0.2, 0) is 4.74 Å². The Labute approximate surface area is 55.3 Å². The van der Waals surface area contributed by atoms with Gasteiger partial charge in [-0.2, -0.15) is 12.6 Å². The number of thiol groups is 2. The van der Waals surface area contributed by atoms with Crippen LogP contribution in [0.3, 0.4) is 0 Å². The summed E-state index contributed by atoms with van der Waals surface area (Å²) in [7, 11) is 1.62. The standard InChI is InChI=1S/C4H10OS2/c1-3(6)4(7)5-2/h3-4,6-7H,1-2H3. The van der Waals surface area contributed by atoms with E-state index in [0.717, 1.165) is 0 Å². The van der Waals surface area contributed by atoms with Crippen molar-refractivity contribution in [2.75, 3.05) is 7.11 Å². The van der Waals surface area contributed by atoms with Gasteiger partial charge >= 0.3 is 0 Å². The third-order valence-corrected chi connectivity index (χ3v) is 1.82. The monoisotopic (exact) mass is 138 g/mol. The van der Waals surface area contributed by atoms with Crippen LogP contribution >= 0.6 is 25.3 Å². The van der Waals surface area contributed by atoms with Crippen LogP contribution in [-0.4, -0.2) is 17.8 Å². The Morgan fingerprint density at radius 2 is 1.86 bits per heavy atom. The average molecular weight is 138 g/mol. The van der Waals surface area contributed by atoms with E-state index in [1.165, 1.54) is 0 Å². The maximum Gasteiger partial charge on any atom is 0.111 e. The van der Waals surface area contributed by atoms with Crippen molar-refractivity contribution in [1.82, 2.24) is 0 Å². The summed E-state index contributed by atoms with van der Waals surface area (Å²) in [5, 5.41) is 0.202. The molecule has 0 rings (SSSR count). The second-order valence-corrected chi connectivity index (χ2v) is 2.69. The highest BCUT2D eigenvalue weighted by atomic mass is 32.1. The number of rotatable bonds is 2. The van der Waals surface area contributed by atoms with Crippen LogP contribution in [0.4, 0.5) is 0 Å². The molecule has 0 saturated carbocycles. The van der Waals surface area contributed by atoms with Crippen molar-refractivity contribution in [2.24, 2.45) is 0 Å². The molecule has 0 aliphatic carbocycles. The van der Waals surface area contributed by atoms with Gasteiger partial charge < -0.3 is 4.74 Å². The molecular weight excluding hydrogens is 128 g/mol. The predicted octanol–water partition coefficient (Wildman–Crippen LogP) is 1.21. The van der Waals surface area contributed by atoms with Crippen molar-refractivity contribution in [3.8, 4) is 0 Å². The van der Waals surface area contributed by atoms with E-state index in [2.05, 4.69) is 25.3 Å². The van der Waals surface area contributed by atoms with Crippen molar-refractivity contribution in [1.29, 1.82) is 0 Å². The zero-order chi connectivity index (χ0) is 5.86. The number of ether oxygens (including phenoxy) is 1. The summed E-state index contributed by atoms with van der Waals surface area (Å²) >= 11 is 8.10. The number of hydrogen-bond acceptors (Lipinski definition) is 3. The molecule has 0 radical (unpaired) electrons. The lowest BCUT2D eigenvalue weighted by molar-refractivity contribution is 0.176. The summed E-state index contributed by atoms with van der Waals surface area (Å²) in [6, 6.07) is 0. The molecule has 0 fully saturated rings. The van der Waals surface area contributed by atoms with Crippen LogP contribution in [0, 0.1) is 0 Å². The predicted molar refractivity (Wildman–Crippen MR) is 38.2 cm³/mol. The van der Waals surface area contributed by atoms with Crippen LogP contribution in [0.25, 0.3) is 0 Å². The summed E-state index contributed by atoms with van der Waals surface area (Å²) in [6.07, 6.45) is 0. The molecule has 0 aliphatic rings. The highest BCUT2D eigenvalue weighted by molar-refractivity contribution is 7.85. The summed E-state index contributed by atoms with van der Waals surface area (Å²) in [5.74, 6) is 0. The minimum Gasteiger partial charge on any atom is -0.370 e. The van der Waals surface area contributed by atoms with E-state index in [9.17, 15) is 0 Å². The van der Waals surface area contributed by atoms with E-state index >= 15 is 0 Å². The smallest absolute Gasteiger partial charge is 0.111 e. The fraction of sp³-hybridized carbons (Fsp3) is 1.00. The molecule has 3 heteroatoms. The average Bonchev–Trinajstić information content (AvgIpc) is 1.65. The van der Waals surface area contributed by atoms with Crippen molar-refractivity contribution in [2.45, 2.75) is 17.6 Å². The van der Waals surface area contributed by atoms with Gasteiger partial charge in [-0.3, -0.25) is 0 Å². The Morgan fingerprint density at radius 1 is 1.43 bits per heavy atom. The molecule has 7 heavy (non-hydrogen) atoms. The van der Waals surface area contributed by atoms with Gasteiger partial charge in [0.15, 0.2) is 0 Å². The van der Waals surface area contributed by atoms with Crippen LogP contribution in [0.2, 0.25) is 0 Å². The van der Waals surface area contributed by atoms with Gasteiger partial charge in [0.25, 0.3) is 0 Å². The summed E-state index contributed by atoms with van der Waals surface area (Å²) < 4.78 is 4.80. The van der Waals surface area contributed by atoms with E-state index in [4.69, 9.17) is 4.74 Å². The highest BCUT2D eigenvalue weighted by Crippen LogP contribution is 2.06. The van der Waals surface area contributed by atoms with E-state index in [-0.39, 0.29) is 10.7 Å². The molecule has 0 aromatic rings. The summed E-state index contributed by atoms with van der Waals surface area (Å²) in [6.45, 7) is 1.93. The van der Waals surface area contributed by atoms with Crippen molar-refractivity contribution in [3.05, 3.63) is 0 Å². The summed E-state index contributed by atoms with van der Waals surface area (Å²) in [4.78, 5) is 0. The molecule has 0 aromatic heterocycles.